The summed E-state index contributed by atoms with van der Waals surface area (Å²) in [7, 11) is 0. The molecule has 0 unspecified atom stereocenters. The van der Waals surface area contributed by atoms with Gasteiger partial charge in [-0.3, -0.25) is 0 Å². The third-order valence-electron chi connectivity index (χ3n) is 6.55. The van der Waals surface area contributed by atoms with Crippen LogP contribution in [-0.2, 0) is 0 Å². The van der Waals surface area contributed by atoms with Crippen molar-refractivity contribution in [2.75, 3.05) is 0 Å². The Labute approximate surface area is 176 Å². The molecule has 0 saturated carbocycles. The largest absolute Gasteiger partial charge is 0.456 e. The van der Waals surface area contributed by atoms with Gasteiger partial charge in [0.1, 0.15) is 11.2 Å². The molecule has 3 heterocycles. The molecule has 0 fully saturated rings. The third kappa shape index (κ3) is 1.85. The molecule has 0 aliphatic carbocycles. The topological polar surface area (TPSA) is 27.3 Å². The minimum Gasteiger partial charge on any atom is -0.456 e. The predicted molar refractivity (Wildman–Crippen MR) is 126 cm³/mol. The zero-order chi connectivity index (χ0) is 20.1. The highest BCUT2D eigenvalue weighted by Gasteiger charge is 2.25. The molecule has 0 amide bonds. The van der Waals surface area contributed by atoms with E-state index in [1.54, 1.807) is 0 Å². The van der Waals surface area contributed by atoms with Crippen LogP contribution in [0.2, 0.25) is 0 Å². The number of aromatic nitrogens is 1. The number of fused-ring (bicyclic) bond motifs is 10. The van der Waals surface area contributed by atoms with Gasteiger partial charge in [-0.2, -0.15) is 0 Å². The maximum atomic E-state index is 6.41. The molecule has 0 N–H and O–H groups in total. The number of benzene rings is 5. The summed E-state index contributed by atoms with van der Waals surface area (Å²) in [4.78, 5) is 0. The summed E-state index contributed by atoms with van der Waals surface area (Å²) in [5, 5.41) is 7.03. The Kier molecular flexibility index (Phi) is 2.65. The summed E-state index contributed by atoms with van der Waals surface area (Å²) in [6.45, 7) is 0. The molecular weight excluding hydrogens is 382 g/mol. The highest BCUT2D eigenvalue weighted by Crippen LogP contribution is 2.48. The van der Waals surface area contributed by atoms with Crippen molar-refractivity contribution in [3.8, 4) is 17.2 Å². The van der Waals surface area contributed by atoms with Crippen LogP contribution in [0.25, 0.3) is 60.2 Å². The number of hydrogen-bond acceptors (Lipinski definition) is 2. The normalized spacial score (nSPS) is 12.8. The molecule has 5 aromatic carbocycles. The first-order valence-electron chi connectivity index (χ1n) is 10.5. The SMILES string of the molecule is c1ccc2c(c1)oc1cc3c4c(ccc3cc12)Oc1cccc2c3ccccc3n-4c12. The fourth-order valence-electron chi connectivity index (χ4n) is 5.24. The monoisotopic (exact) mass is 397 g/mol. The van der Waals surface area contributed by atoms with Gasteiger partial charge in [-0.15, -0.1) is 0 Å². The van der Waals surface area contributed by atoms with Crippen molar-refractivity contribution in [2.45, 2.75) is 0 Å². The Morgan fingerprint density at radius 1 is 0.548 bits per heavy atom. The molecule has 1 aliphatic heterocycles. The van der Waals surface area contributed by atoms with Gasteiger partial charge in [-0.05, 0) is 41.8 Å². The van der Waals surface area contributed by atoms with E-state index in [2.05, 4.69) is 77.4 Å². The van der Waals surface area contributed by atoms with Gasteiger partial charge < -0.3 is 13.7 Å². The van der Waals surface area contributed by atoms with E-state index in [0.29, 0.717) is 0 Å². The third-order valence-corrected chi connectivity index (χ3v) is 6.55. The van der Waals surface area contributed by atoms with E-state index >= 15 is 0 Å². The lowest BCUT2D eigenvalue weighted by molar-refractivity contribution is 0.477. The molecule has 7 aromatic rings. The van der Waals surface area contributed by atoms with Crippen molar-refractivity contribution in [3.05, 3.63) is 91.0 Å². The molecule has 144 valence electrons. The predicted octanol–water partition coefficient (Wildman–Crippen LogP) is 7.94. The van der Waals surface area contributed by atoms with Gasteiger partial charge in [0.05, 0.1) is 16.7 Å². The molecule has 31 heavy (non-hydrogen) atoms. The van der Waals surface area contributed by atoms with E-state index in [1.165, 1.54) is 21.7 Å². The summed E-state index contributed by atoms with van der Waals surface area (Å²) < 4.78 is 15.0. The molecule has 0 bridgehead atoms. The minimum absolute atomic E-state index is 0.865. The highest BCUT2D eigenvalue weighted by atomic mass is 16.5. The zero-order valence-electron chi connectivity index (χ0n) is 16.4. The summed E-state index contributed by atoms with van der Waals surface area (Å²) in [6, 6.07) is 31.7. The van der Waals surface area contributed by atoms with Crippen molar-refractivity contribution in [1.29, 1.82) is 0 Å². The van der Waals surface area contributed by atoms with Crippen LogP contribution >= 0.6 is 0 Å². The molecule has 2 aromatic heterocycles. The summed E-state index contributed by atoms with van der Waals surface area (Å²) >= 11 is 0. The molecule has 0 radical (unpaired) electrons. The number of rotatable bonds is 0. The summed E-state index contributed by atoms with van der Waals surface area (Å²) in [5.41, 5.74) is 5.19. The Morgan fingerprint density at radius 2 is 1.39 bits per heavy atom. The first-order chi connectivity index (χ1) is 15.4. The van der Waals surface area contributed by atoms with Crippen LogP contribution in [0, 0.1) is 0 Å². The number of hydrogen-bond donors (Lipinski definition) is 0. The van der Waals surface area contributed by atoms with E-state index in [1.807, 2.05) is 18.2 Å². The molecule has 0 atom stereocenters. The fraction of sp³-hybridized carbons (Fsp3) is 0. The van der Waals surface area contributed by atoms with Crippen LogP contribution in [0.3, 0.4) is 0 Å². The minimum atomic E-state index is 0.865. The summed E-state index contributed by atoms with van der Waals surface area (Å²) in [5.74, 6) is 1.76. The van der Waals surface area contributed by atoms with Gasteiger partial charge in [0, 0.05) is 26.9 Å². The van der Waals surface area contributed by atoms with Crippen molar-refractivity contribution >= 4 is 54.5 Å². The van der Waals surface area contributed by atoms with Gasteiger partial charge in [-0.25, -0.2) is 0 Å². The number of para-hydroxylation sites is 3. The first-order valence-corrected chi connectivity index (χ1v) is 10.5. The second kappa shape index (κ2) is 5.27. The second-order valence-corrected chi connectivity index (χ2v) is 8.19. The Balaban J connectivity index is 1.60. The first kappa shape index (κ1) is 15.6. The van der Waals surface area contributed by atoms with Gasteiger partial charge in [0.2, 0.25) is 0 Å². The van der Waals surface area contributed by atoms with E-state index in [-0.39, 0.29) is 0 Å². The van der Waals surface area contributed by atoms with Crippen LogP contribution in [0.1, 0.15) is 0 Å². The lowest BCUT2D eigenvalue weighted by Gasteiger charge is -2.22. The van der Waals surface area contributed by atoms with Crippen LogP contribution in [0.15, 0.2) is 95.4 Å². The lowest BCUT2D eigenvalue weighted by Crippen LogP contribution is -2.04. The zero-order valence-corrected chi connectivity index (χ0v) is 16.4. The molecule has 8 rings (SSSR count). The van der Waals surface area contributed by atoms with E-state index in [9.17, 15) is 0 Å². The fourth-order valence-corrected chi connectivity index (χ4v) is 5.24. The van der Waals surface area contributed by atoms with Gasteiger partial charge in [0.25, 0.3) is 0 Å². The average Bonchev–Trinajstić information content (AvgIpc) is 3.35. The van der Waals surface area contributed by atoms with Crippen LogP contribution in [0.4, 0.5) is 0 Å². The quantitative estimate of drug-likeness (QED) is 0.260. The van der Waals surface area contributed by atoms with Crippen LogP contribution in [-0.4, -0.2) is 4.57 Å². The number of furan rings is 1. The van der Waals surface area contributed by atoms with E-state index < -0.39 is 0 Å². The van der Waals surface area contributed by atoms with Crippen molar-refractivity contribution in [1.82, 2.24) is 4.57 Å². The van der Waals surface area contributed by atoms with Crippen molar-refractivity contribution in [3.63, 3.8) is 0 Å². The number of nitrogens with zero attached hydrogens (tertiary/aromatic N) is 1. The Morgan fingerprint density at radius 3 is 2.35 bits per heavy atom. The molecule has 0 spiro atoms. The molecule has 3 heteroatoms. The second-order valence-electron chi connectivity index (χ2n) is 8.19. The number of ether oxygens (including phenoxy) is 1. The molecule has 1 aliphatic rings. The van der Waals surface area contributed by atoms with Gasteiger partial charge in [0.15, 0.2) is 11.5 Å². The highest BCUT2D eigenvalue weighted by molar-refractivity contribution is 6.16. The van der Waals surface area contributed by atoms with Crippen LogP contribution < -0.4 is 4.74 Å². The van der Waals surface area contributed by atoms with E-state index in [0.717, 1.165) is 50.0 Å². The van der Waals surface area contributed by atoms with E-state index in [4.69, 9.17) is 9.15 Å². The Hall–Kier alpha value is -4.24. The summed E-state index contributed by atoms with van der Waals surface area (Å²) in [6.07, 6.45) is 0. The standard InChI is InChI=1S/C28H15NO2/c1-3-9-22-17(6-1)19-8-5-11-24-27(19)29(22)28-20-15-26-21(14-16(20)12-13-25(28)31-24)18-7-2-4-10-23(18)30-26/h1-15H. The molecule has 0 saturated heterocycles. The van der Waals surface area contributed by atoms with Crippen molar-refractivity contribution in [2.24, 2.45) is 0 Å². The lowest BCUT2D eigenvalue weighted by atomic mass is 10.0. The van der Waals surface area contributed by atoms with Crippen molar-refractivity contribution < 1.29 is 9.15 Å². The smallest absolute Gasteiger partial charge is 0.152 e. The Bertz CT molecular complexity index is 1870. The maximum Gasteiger partial charge on any atom is 0.152 e. The molecular formula is C28H15NO2. The maximum absolute atomic E-state index is 6.41. The van der Waals surface area contributed by atoms with Crippen LogP contribution in [0.5, 0.6) is 11.5 Å². The van der Waals surface area contributed by atoms with Gasteiger partial charge in [-0.1, -0.05) is 54.6 Å². The van der Waals surface area contributed by atoms with Gasteiger partial charge >= 0.3 is 0 Å². The average molecular weight is 397 g/mol. The molecule has 3 nitrogen and oxygen atoms in total.